The third kappa shape index (κ3) is 1.62. The van der Waals surface area contributed by atoms with Gasteiger partial charge in [-0.3, -0.25) is 0 Å². The maximum Gasteiger partial charge on any atom is 0.119 e. The van der Waals surface area contributed by atoms with Crippen molar-refractivity contribution >= 4 is 0 Å². The molecule has 0 amide bonds. The summed E-state index contributed by atoms with van der Waals surface area (Å²) in [4.78, 5) is 0. The molecule has 76 valence electrons. The molecule has 0 saturated heterocycles. The van der Waals surface area contributed by atoms with Gasteiger partial charge in [0.25, 0.3) is 0 Å². The van der Waals surface area contributed by atoms with E-state index in [9.17, 15) is 5.11 Å². The highest BCUT2D eigenvalue weighted by Crippen LogP contribution is 2.32. The summed E-state index contributed by atoms with van der Waals surface area (Å²) in [7, 11) is 0. The third-order valence-corrected chi connectivity index (χ3v) is 3.24. The minimum Gasteiger partial charge on any atom is -0.508 e. The molecule has 2 atom stereocenters. The Hall–Kier alpha value is -1.02. The van der Waals surface area contributed by atoms with Gasteiger partial charge in [-0.1, -0.05) is 12.1 Å². The fraction of sp³-hybridized carbons (Fsp3) is 0.500. The molecule has 0 aliphatic heterocycles. The minimum absolute atomic E-state index is 0.255. The van der Waals surface area contributed by atoms with Crippen LogP contribution in [0, 0.1) is 5.92 Å². The molecule has 14 heavy (non-hydrogen) atoms. The fourth-order valence-corrected chi connectivity index (χ4v) is 2.26. The van der Waals surface area contributed by atoms with Gasteiger partial charge >= 0.3 is 0 Å². The number of fused-ring (bicyclic) bond motifs is 1. The highest BCUT2D eigenvalue weighted by atomic mass is 16.3. The van der Waals surface area contributed by atoms with E-state index in [4.69, 9.17) is 5.73 Å². The van der Waals surface area contributed by atoms with Gasteiger partial charge in [-0.15, -0.1) is 0 Å². The maximum atomic E-state index is 9.65. The smallest absolute Gasteiger partial charge is 0.119 e. The number of nitrogens with two attached hydrogens (primary N) is 1. The summed E-state index contributed by atoms with van der Waals surface area (Å²) < 4.78 is 0. The van der Waals surface area contributed by atoms with Crippen LogP contribution in [0.15, 0.2) is 18.2 Å². The zero-order valence-corrected chi connectivity index (χ0v) is 8.53. The molecule has 0 radical (unpaired) electrons. The van der Waals surface area contributed by atoms with Crippen molar-refractivity contribution in [2.75, 3.05) is 0 Å². The summed E-state index contributed by atoms with van der Waals surface area (Å²) in [6.45, 7) is 2.07. The lowest BCUT2D eigenvalue weighted by Crippen LogP contribution is -2.31. The van der Waals surface area contributed by atoms with Gasteiger partial charge in [0.05, 0.1) is 0 Å². The molecule has 0 aromatic heterocycles. The van der Waals surface area contributed by atoms with Crippen molar-refractivity contribution in [3.05, 3.63) is 29.3 Å². The summed E-state index contributed by atoms with van der Waals surface area (Å²) in [6.07, 6.45) is 3.08. The zero-order valence-electron chi connectivity index (χ0n) is 8.53. The van der Waals surface area contributed by atoms with E-state index >= 15 is 0 Å². The van der Waals surface area contributed by atoms with Crippen molar-refractivity contribution in [3.63, 3.8) is 0 Å². The lowest BCUT2D eigenvalue weighted by Gasteiger charge is -2.27. The van der Waals surface area contributed by atoms with Crippen molar-refractivity contribution in [2.45, 2.75) is 32.2 Å². The van der Waals surface area contributed by atoms with Gasteiger partial charge in [0.1, 0.15) is 5.75 Å². The zero-order chi connectivity index (χ0) is 10.1. The lowest BCUT2D eigenvalue weighted by molar-refractivity contribution is 0.383. The molecule has 1 aliphatic carbocycles. The molecule has 0 bridgehead atoms. The van der Waals surface area contributed by atoms with E-state index in [0.717, 1.165) is 24.8 Å². The molecule has 2 nitrogen and oxygen atoms in total. The van der Waals surface area contributed by atoms with Gasteiger partial charge in [0.15, 0.2) is 0 Å². The highest BCUT2D eigenvalue weighted by Gasteiger charge is 2.22. The molecule has 1 aliphatic rings. The van der Waals surface area contributed by atoms with Gasteiger partial charge in [0.2, 0.25) is 0 Å². The molecule has 0 saturated carbocycles. The molecule has 1 aromatic carbocycles. The summed E-state index contributed by atoms with van der Waals surface area (Å²) in [5.74, 6) is 1.02. The topological polar surface area (TPSA) is 46.2 Å². The molecule has 0 fully saturated rings. The normalized spacial score (nSPS) is 22.9. The lowest BCUT2D eigenvalue weighted by atomic mass is 9.80. The Balaban J connectivity index is 2.27. The predicted molar refractivity (Wildman–Crippen MR) is 57.3 cm³/mol. The molecule has 3 N–H and O–H groups in total. The fourth-order valence-electron chi connectivity index (χ4n) is 2.26. The second kappa shape index (κ2) is 3.62. The van der Waals surface area contributed by atoms with Crippen LogP contribution >= 0.6 is 0 Å². The van der Waals surface area contributed by atoms with Crippen molar-refractivity contribution < 1.29 is 5.11 Å². The Morgan fingerprint density at radius 2 is 2.29 bits per heavy atom. The van der Waals surface area contributed by atoms with Crippen LogP contribution in [-0.2, 0) is 12.8 Å². The average molecular weight is 191 g/mol. The standard InChI is InChI=1S/C12H17NO/c1-8(13)9-5-6-11-10(7-9)3-2-4-12(11)14/h2-4,8-9,14H,5-7,13H2,1H3. The van der Waals surface area contributed by atoms with Crippen molar-refractivity contribution in [1.82, 2.24) is 0 Å². The first-order valence-corrected chi connectivity index (χ1v) is 5.24. The maximum absolute atomic E-state index is 9.65. The first-order chi connectivity index (χ1) is 6.68. The van der Waals surface area contributed by atoms with Crippen LogP contribution in [0.1, 0.15) is 24.5 Å². The van der Waals surface area contributed by atoms with Crippen LogP contribution < -0.4 is 5.73 Å². The van der Waals surface area contributed by atoms with E-state index in [0.29, 0.717) is 11.7 Å². The van der Waals surface area contributed by atoms with E-state index in [2.05, 4.69) is 13.0 Å². The van der Waals surface area contributed by atoms with E-state index in [-0.39, 0.29) is 6.04 Å². The van der Waals surface area contributed by atoms with Crippen molar-refractivity contribution in [1.29, 1.82) is 0 Å². The van der Waals surface area contributed by atoms with Gasteiger partial charge in [-0.05, 0) is 49.3 Å². The number of hydrogen-bond donors (Lipinski definition) is 2. The molecule has 1 aromatic rings. The number of benzene rings is 1. The van der Waals surface area contributed by atoms with Crippen LogP contribution in [0.3, 0.4) is 0 Å². The first kappa shape index (κ1) is 9.53. The molecule has 2 rings (SSSR count). The molecule has 0 spiro atoms. The summed E-state index contributed by atoms with van der Waals surface area (Å²) >= 11 is 0. The Morgan fingerprint density at radius 3 is 3.00 bits per heavy atom. The predicted octanol–water partition coefficient (Wildman–Crippen LogP) is 1.84. The number of hydrogen-bond acceptors (Lipinski definition) is 2. The van der Waals surface area contributed by atoms with Crippen LogP contribution in [0.2, 0.25) is 0 Å². The van der Waals surface area contributed by atoms with E-state index in [1.54, 1.807) is 6.07 Å². The van der Waals surface area contributed by atoms with E-state index < -0.39 is 0 Å². The summed E-state index contributed by atoms with van der Waals surface area (Å²) in [6, 6.07) is 6.04. The molecular weight excluding hydrogens is 174 g/mol. The molecule has 2 unspecified atom stereocenters. The van der Waals surface area contributed by atoms with E-state index in [1.807, 2.05) is 6.07 Å². The molecule has 2 heteroatoms. The second-order valence-electron chi connectivity index (χ2n) is 4.28. The number of aromatic hydroxyl groups is 1. The second-order valence-corrected chi connectivity index (χ2v) is 4.28. The number of phenolic OH excluding ortho intramolecular Hbond substituents is 1. The first-order valence-electron chi connectivity index (χ1n) is 5.24. The molecule has 0 heterocycles. The van der Waals surface area contributed by atoms with Gasteiger partial charge in [-0.25, -0.2) is 0 Å². The number of phenols is 1. The highest BCUT2D eigenvalue weighted by molar-refractivity contribution is 5.41. The van der Waals surface area contributed by atoms with Crippen LogP contribution in [0.25, 0.3) is 0 Å². The minimum atomic E-state index is 0.255. The van der Waals surface area contributed by atoms with Crippen LogP contribution in [-0.4, -0.2) is 11.1 Å². The summed E-state index contributed by atoms with van der Waals surface area (Å²) in [5, 5.41) is 9.65. The Morgan fingerprint density at radius 1 is 1.50 bits per heavy atom. The van der Waals surface area contributed by atoms with Gasteiger partial charge in [-0.2, -0.15) is 0 Å². The van der Waals surface area contributed by atoms with E-state index in [1.165, 1.54) is 5.56 Å². The Labute approximate surface area is 84.7 Å². The monoisotopic (exact) mass is 191 g/mol. The van der Waals surface area contributed by atoms with Gasteiger partial charge in [0, 0.05) is 6.04 Å². The Kier molecular flexibility index (Phi) is 2.46. The van der Waals surface area contributed by atoms with Gasteiger partial charge < -0.3 is 10.8 Å². The average Bonchev–Trinajstić information content (AvgIpc) is 2.17. The van der Waals surface area contributed by atoms with Crippen LogP contribution in [0.5, 0.6) is 5.75 Å². The van der Waals surface area contributed by atoms with Crippen molar-refractivity contribution in [2.24, 2.45) is 11.7 Å². The Bertz CT molecular complexity index is 333. The number of rotatable bonds is 1. The van der Waals surface area contributed by atoms with Crippen molar-refractivity contribution in [3.8, 4) is 5.75 Å². The van der Waals surface area contributed by atoms with Crippen LogP contribution in [0.4, 0.5) is 0 Å². The third-order valence-electron chi connectivity index (χ3n) is 3.24. The summed E-state index contributed by atoms with van der Waals surface area (Å²) in [5.41, 5.74) is 8.31. The quantitative estimate of drug-likeness (QED) is 0.711. The largest absolute Gasteiger partial charge is 0.508 e. The molecular formula is C12H17NO. The SMILES string of the molecule is CC(N)C1CCc2c(O)cccc2C1.